The third kappa shape index (κ3) is 5.62. The second-order valence-corrected chi connectivity index (χ2v) is 7.00. The van der Waals surface area contributed by atoms with Crippen LogP contribution in [0.1, 0.15) is 56.5 Å². The van der Waals surface area contributed by atoms with Crippen molar-refractivity contribution in [3.63, 3.8) is 0 Å². The Balaban J connectivity index is 2.25. The van der Waals surface area contributed by atoms with E-state index < -0.39 is 0 Å². The van der Waals surface area contributed by atoms with Crippen LogP contribution in [0.25, 0.3) is 0 Å². The predicted octanol–water partition coefficient (Wildman–Crippen LogP) is 5.77. The molecule has 140 valence electrons. The van der Waals surface area contributed by atoms with Gasteiger partial charge in [-0.2, -0.15) is 0 Å². The molecule has 26 heavy (non-hydrogen) atoms. The van der Waals surface area contributed by atoms with E-state index in [4.69, 9.17) is 9.47 Å². The van der Waals surface area contributed by atoms with E-state index in [9.17, 15) is 4.79 Å². The Hall–Kier alpha value is -2.29. The average molecular weight is 354 g/mol. The van der Waals surface area contributed by atoms with Crippen molar-refractivity contribution in [3.8, 4) is 11.5 Å². The van der Waals surface area contributed by atoms with Gasteiger partial charge in [0.05, 0.1) is 18.8 Å². The average Bonchev–Trinajstić information content (AvgIpc) is 2.70. The third-order valence-corrected chi connectivity index (χ3v) is 4.69. The smallest absolute Gasteiger partial charge is 0.196 e. The molecule has 0 aliphatic carbocycles. The van der Waals surface area contributed by atoms with Gasteiger partial charge in [0.2, 0.25) is 0 Å². The van der Waals surface area contributed by atoms with Crippen molar-refractivity contribution in [3.05, 3.63) is 59.7 Å². The van der Waals surface area contributed by atoms with Gasteiger partial charge >= 0.3 is 0 Å². The molecule has 2 aromatic carbocycles. The van der Waals surface area contributed by atoms with Crippen LogP contribution in [-0.4, -0.2) is 19.0 Å². The first-order valence-electron chi connectivity index (χ1n) is 9.54. The second-order valence-electron chi connectivity index (χ2n) is 7.00. The highest BCUT2D eigenvalue weighted by Crippen LogP contribution is 2.28. The molecule has 0 aromatic heterocycles. The quantitative estimate of drug-likeness (QED) is 0.508. The lowest BCUT2D eigenvalue weighted by Crippen LogP contribution is -2.12. The first-order valence-corrected chi connectivity index (χ1v) is 9.54. The van der Waals surface area contributed by atoms with Crippen molar-refractivity contribution < 1.29 is 14.3 Å². The fraction of sp³-hybridized carbons (Fsp3) is 0.435. The van der Waals surface area contributed by atoms with E-state index in [1.165, 1.54) is 0 Å². The lowest BCUT2D eigenvalue weighted by atomic mass is 10.0. The Morgan fingerprint density at radius 2 is 1.50 bits per heavy atom. The zero-order valence-corrected chi connectivity index (χ0v) is 16.3. The van der Waals surface area contributed by atoms with Crippen LogP contribution in [0.4, 0.5) is 0 Å². The lowest BCUT2D eigenvalue weighted by Gasteiger charge is -2.16. The summed E-state index contributed by atoms with van der Waals surface area (Å²) in [5, 5.41) is 0. The summed E-state index contributed by atoms with van der Waals surface area (Å²) in [7, 11) is 0. The number of ether oxygens (including phenoxy) is 2. The fourth-order valence-electron chi connectivity index (χ4n) is 2.35. The highest BCUT2D eigenvalue weighted by molar-refractivity contribution is 6.10. The van der Waals surface area contributed by atoms with E-state index in [-0.39, 0.29) is 5.78 Å². The maximum Gasteiger partial charge on any atom is 0.196 e. The molecule has 0 radical (unpaired) electrons. The number of carbonyl (C=O) groups excluding carboxylic acids is 1. The van der Waals surface area contributed by atoms with Gasteiger partial charge in [0.1, 0.15) is 11.5 Å². The fourth-order valence-corrected chi connectivity index (χ4v) is 2.35. The van der Waals surface area contributed by atoms with Crippen molar-refractivity contribution in [1.29, 1.82) is 0 Å². The van der Waals surface area contributed by atoms with Gasteiger partial charge in [-0.25, -0.2) is 0 Å². The standard InChI is InChI=1S/C23H30O3/c1-5-17(3)15-25-20-12-13-21(22(14-20)26-16-18(4)6-2)23(24)19-10-8-7-9-11-19/h7-14,17-18H,5-6,15-16H2,1-4H3. The molecule has 0 bridgehead atoms. The van der Waals surface area contributed by atoms with Crippen LogP contribution in [0.15, 0.2) is 48.5 Å². The molecular formula is C23H30O3. The molecule has 0 heterocycles. The van der Waals surface area contributed by atoms with E-state index >= 15 is 0 Å². The van der Waals surface area contributed by atoms with Crippen LogP contribution in [-0.2, 0) is 0 Å². The highest BCUT2D eigenvalue weighted by atomic mass is 16.5. The summed E-state index contributed by atoms with van der Waals surface area (Å²) in [6, 6.07) is 14.8. The molecule has 3 heteroatoms. The van der Waals surface area contributed by atoms with Gasteiger partial charge in [-0.05, 0) is 24.0 Å². The molecule has 0 aliphatic rings. The van der Waals surface area contributed by atoms with Gasteiger partial charge in [0.15, 0.2) is 5.78 Å². The first-order chi connectivity index (χ1) is 12.5. The zero-order valence-electron chi connectivity index (χ0n) is 16.3. The largest absolute Gasteiger partial charge is 0.493 e. The normalized spacial score (nSPS) is 13.1. The van der Waals surface area contributed by atoms with Crippen LogP contribution in [0.5, 0.6) is 11.5 Å². The van der Waals surface area contributed by atoms with Crippen molar-refractivity contribution >= 4 is 5.78 Å². The predicted molar refractivity (Wildman–Crippen MR) is 106 cm³/mol. The zero-order chi connectivity index (χ0) is 18.9. The minimum absolute atomic E-state index is 0.0294. The SMILES string of the molecule is CCC(C)COc1ccc(C(=O)c2ccccc2)c(OCC(C)CC)c1. The Kier molecular flexibility index (Phi) is 7.71. The molecule has 2 rings (SSSR count). The summed E-state index contributed by atoms with van der Waals surface area (Å²) in [6.07, 6.45) is 2.11. The summed E-state index contributed by atoms with van der Waals surface area (Å²) in [6.45, 7) is 9.83. The van der Waals surface area contributed by atoms with Crippen molar-refractivity contribution in [1.82, 2.24) is 0 Å². The van der Waals surface area contributed by atoms with Gasteiger partial charge in [0.25, 0.3) is 0 Å². The molecule has 0 aliphatic heterocycles. The molecule has 3 nitrogen and oxygen atoms in total. The Labute approximate surface area is 157 Å². The lowest BCUT2D eigenvalue weighted by molar-refractivity contribution is 0.103. The van der Waals surface area contributed by atoms with Gasteiger partial charge in [-0.1, -0.05) is 70.9 Å². The van der Waals surface area contributed by atoms with Crippen LogP contribution in [0, 0.1) is 11.8 Å². The van der Waals surface area contributed by atoms with Gasteiger partial charge in [0, 0.05) is 11.6 Å². The number of rotatable bonds is 10. The van der Waals surface area contributed by atoms with E-state index in [0.29, 0.717) is 41.9 Å². The first kappa shape index (κ1) is 20.0. The number of benzene rings is 2. The van der Waals surface area contributed by atoms with Crippen LogP contribution in [0.2, 0.25) is 0 Å². The molecule has 0 spiro atoms. The minimum Gasteiger partial charge on any atom is -0.493 e. The van der Waals surface area contributed by atoms with Gasteiger partial charge < -0.3 is 9.47 Å². The summed E-state index contributed by atoms with van der Waals surface area (Å²) < 4.78 is 11.9. The molecule has 0 amide bonds. The minimum atomic E-state index is -0.0294. The van der Waals surface area contributed by atoms with E-state index in [0.717, 1.165) is 18.6 Å². The summed E-state index contributed by atoms with van der Waals surface area (Å²) in [4.78, 5) is 12.9. The molecule has 0 saturated heterocycles. The number of ketones is 1. The van der Waals surface area contributed by atoms with E-state index in [1.807, 2.05) is 48.5 Å². The van der Waals surface area contributed by atoms with E-state index in [1.54, 1.807) is 0 Å². The highest BCUT2D eigenvalue weighted by Gasteiger charge is 2.16. The van der Waals surface area contributed by atoms with Crippen molar-refractivity contribution in [2.45, 2.75) is 40.5 Å². The summed E-state index contributed by atoms with van der Waals surface area (Å²) in [5.74, 6) is 2.23. The summed E-state index contributed by atoms with van der Waals surface area (Å²) in [5.41, 5.74) is 1.24. The van der Waals surface area contributed by atoms with Crippen LogP contribution < -0.4 is 9.47 Å². The second kappa shape index (κ2) is 10.0. The molecule has 2 atom stereocenters. The number of carbonyl (C=O) groups is 1. The number of hydrogen-bond acceptors (Lipinski definition) is 3. The van der Waals surface area contributed by atoms with Crippen LogP contribution >= 0.6 is 0 Å². The van der Waals surface area contributed by atoms with E-state index in [2.05, 4.69) is 27.7 Å². The molecule has 2 aromatic rings. The molecule has 2 unspecified atom stereocenters. The summed E-state index contributed by atoms with van der Waals surface area (Å²) >= 11 is 0. The van der Waals surface area contributed by atoms with Crippen molar-refractivity contribution in [2.75, 3.05) is 13.2 Å². The molecule has 0 saturated carbocycles. The van der Waals surface area contributed by atoms with Gasteiger partial charge in [-0.3, -0.25) is 4.79 Å². The third-order valence-electron chi connectivity index (χ3n) is 4.69. The maximum atomic E-state index is 12.9. The Morgan fingerprint density at radius 1 is 0.885 bits per heavy atom. The van der Waals surface area contributed by atoms with Crippen LogP contribution in [0.3, 0.4) is 0 Å². The monoisotopic (exact) mass is 354 g/mol. The topological polar surface area (TPSA) is 35.5 Å². The molecule has 0 N–H and O–H groups in total. The Bertz CT molecular complexity index is 694. The maximum absolute atomic E-state index is 12.9. The van der Waals surface area contributed by atoms with Gasteiger partial charge in [-0.15, -0.1) is 0 Å². The Morgan fingerprint density at radius 3 is 2.12 bits per heavy atom. The van der Waals surface area contributed by atoms with Crippen molar-refractivity contribution in [2.24, 2.45) is 11.8 Å². The molecular weight excluding hydrogens is 324 g/mol. The number of hydrogen-bond donors (Lipinski definition) is 0. The molecule has 0 fully saturated rings.